The number of halogens is 1. The van der Waals surface area contributed by atoms with E-state index in [2.05, 4.69) is 55.4 Å². The second-order valence-electron chi connectivity index (χ2n) is 4.76. The fourth-order valence-electron chi connectivity index (χ4n) is 2.39. The molecule has 1 aliphatic rings. The lowest BCUT2D eigenvalue weighted by Crippen LogP contribution is -2.31. The number of anilines is 1. The average molecular weight is 338 g/mol. The lowest BCUT2D eigenvalue weighted by Gasteiger charge is -2.19. The van der Waals surface area contributed by atoms with E-state index >= 15 is 0 Å². The topological polar surface area (TPSA) is 28.2 Å². The Morgan fingerprint density at radius 1 is 1.37 bits per heavy atom. The standard InChI is InChI=1S/C14H16BrN3S/c15-11-1-3-13(4-2-11)18-6-5-12(9-18)17-8-14-7-16-10-19-14/h1-4,7,10,12,17H,5-6,8-9H2/t12-/m1/s1. The molecular weight excluding hydrogens is 322 g/mol. The Kier molecular flexibility index (Phi) is 4.15. The molecule has 1 N–H and O–H groups in total. The molecule has 1 aromatic carbocycles. The molecule has 3 nitrogen and oxygen atoms in total. The molecule has 0 spiro atoms. The summed E-state index contributed by atoms with van der Waals surface area (Å²) in [5.74, 6) is 0. The van der Waals surface area contributed by atoms with Crippen LogP contribution in [0.25, 0.3) is 0 Å². The fourth-order valence-corrected chi connectivity index (χ4v) is 3.20. The first kappa shape index (κ1) is 13.1. The first-order valence-electron chi connectivity index (χ1n) is 6.42. The number of nitrogens with zero attached hydrogens (tertiary/aromatic N) is 2. The summed E-state index contributed by atoms with van der Waals surface area (Å²) in [7, 11) is 0. The second kappa shape index (κ2) is 6.03. The van der Waals surface area contributed by atoms with Crippen molar-refractivity contribution >= 4 is 33.0 Å². The van der Waals surface area contributed by atoms with Gasteiger partial charge in [-0.1, -0.05) is 15.9 Å². The molecule has 5 heteroatoms. The third-order valence-corrected chi connectivity index (χ3v) is 4.74. The van der Waals surface area contributed by atoms with Crippen molar-refractivity contribution in [2.24, 2.45) is 0 Å². The van der Waals surface area contributed by atoms with E-state index in [1.165, 1.54) is 17.0 Å². The molecule has 0 aliphatic carbocycles. The number of hydrogen-bond acceptors (Lipinski definition) is 4. The van der Waals surface area contributed by atoms with Gasteiger partial charge in [-0.3, -0.25) is 4.98 Å². The third kappa shape index (κ3) is 3.35. The Labute approximate surface area is 125 Å². The van der Waals surface area contributed by atoms with Crippen molar-refractivity contribution in [1.29, 1.82) is 0 Å². The minimum absolute atomic E-state index is 0.575. The van der Waals surface area contributed by atoms with Crippen molar-refractivity contribution in [3.8, 4) is 0 Å². The molecule has 0 bridgehead atoms. The second-order valence-corrected chi connectivity index (χ2v) is 6.64. The maximum absolute atomic E-state index is 4.10. The van der Waals surface area contributed by atoms with Crippen molar-refractivity contribution in [3.05, 3.63) is 45.3 Å². The fraction of sp³-hybridized carbons (Fsp3) is 0.357. The molecule has 0 amide bonds. The van der Waals surface area contributed by atoms with Gasteiger partial charge < -0.3 is 10.2 Å². The molecule has 1 aliphatic heterocycles. The molecular formula is C14H16BrN3S. The zero-order chi connectivity index (χ0) is 13.1. The summed E-state index contributed by atoms with van der Waals surface area (Å²) in [5.41, 5.74) is 3.20. The van der Waals surface area contributed by atoms with Crippen molar-refractivity contribution in [1.82, 2.24) is 10.3 Å². The van der Waals surface area contributed by atoms with Crippen LogP contribution in [0.3, 0.4) is 0 Å². The monoisotopic (exact) mass is 337 g/mol. The van der Waals surface area contributed by atoms with Gasteiger partial charge in [0.25, 0.3) is 0 Å². The first-order chi connectivity index (χ1) is 9.31. The highest BCUT2D eigenvalue weighted by Gasteiger charge is 2.22. The Bertz CT molecular complexity index is 512. The van der Waals surface area contributed by atoms with Crippen LogP contribution < -0.4 is 10.2 Å². The number of nitrogens with one attached hydrogen (secondary N) is 1. The molecule has 1 atom stereocenters. The van der Waals surface area contributed by atoms with E-state index in [9.17, 15) is 0 Å². The summed E-state index contributed by atoms with van der Waals surface area (Å²) in [5, 5.41) is 3.61. The summed E-state index contributed by atoms with van der Waals surface area (Å²) in [6, 6.07) is 9.14. The van der Waals surface area contributed by atoms with E-state index in [1.54, 1.807) is 11.3 Å². The maximum atomic E-state index is 4.10. The van der Waals surface area contributed by atoms with Crippen LogP contribution in [0.5, 0.6) is 0 Å². The van der Waals surface area contributed by atoms with Gasteiger partial charge in [0, 0.05) is 46.9 Å². The van der Waals surface area contributed by atoms with E-state index < -0.39 is 0 Å². The van der Waals surface area contributed by atoms with E-state index in [0.717, 1.165) is 24.1 Å². The molecule has 3 rings (SSSR count). The van der Waals surface area contributed by atoms with E-state index in [4.69, 9.17) is 0 Å². The molecule has 0 unspecified atom stereocenters. The van der Waals surface area contributed by atoms with Gasteiger partial charge in [0.2, 0.25) is 0 Å². The number of thiazole rings is 1. The zero-order valence-corrected chi connectivity index (χ0v) is 13.0. The minimum atomic E-state index is 0.575. The third-order valence-electron chi connectivity index (χ3n) is 3.43. The molecule has 1 saturated heterocycles. The number of hydrogen-bond donors (Lipinski definition) is 1. The van der Waals surface area contributed by atoms with Gasteiger partial charge in [-0.05, 0) is 30.7 Å². The van der Waals surface area contributed by atoms with Crippen LogP contribution in [0.15, 0.2) is 40.4 Å². The van der Waals surface area contributed by atoms with Gasteiger partial charge in [-0.25, -0.2) is 0 Å². The van der Waals surface area contributed by atoms with E-state index in [1.807, 2.05) is 11.7 Å². The SMILES string of the molecule is Brc1ccc(N2CC[C@@H](NCc3cncs3)C2)cc1. The van der Waals surface area contributed by atoms with Crippen LogP contribution in [0.1, 0.15) is 11.3 Å². The molecule has 19 heavy (non-hydrogen) atoms. The lowest BCUT2D eigenvalue weighted by atomic mass is 10.2. The van der Waals surface area contributed by atoms with Gasteiger partial charge in [0.05, 0.1) is 5.51 Å². The van der Waals surface area contributed by atoms with Crippen molar-refractivity contribution in [2.75, 3.05) is 18.0 Å². The predicted octanol–water partition coefficient (Wildman–Crippen LogP) is 3.27. The summed E-state index contributed by atoms with van der Waals surface area (Å²) >= 11 is 5.19. The van der Waals surface area contributed by atoms with Crippen LogP contribution in [0.2, 0.25) is 0 Å². The molecule has 0 radical (unpaired) electrons. The zero-order valence-electron chi connectivity index (χ0n) is 10.6. The van der Waals surface area contributed by atoms with Gasteiger partial charge in [-0.2, -0.15) is 0 Å². The molecule has 2 heterocycles. The van der Waals surface area contributed by atoms with Crippen molar-refractivity contribution in [2.45, 2.75) is 19.0 Å². The molecule has 100 valence electrons. The Hall–Kier alpha value is -0.910. The largest absolute Gasteiger partial charge is 0.370 e. The summed E-state index contributed by atoms with van der Waals surface area (Å²) in [6.07, 6.45) is 3.15. The van der Waals surface area contributed by atoms with Crippen LogP contribution in [-0.4, -0.2) is 24.1 Å². The number of benzene rings is 1. The van der Waals surface area contributed by atoms with E-state index in [-0.39, 0.29) is 0 Å². The highest BCUT2D eigenvalue weighted by Crippen LogP contribution is 2.22. The molecule has 1 aromatic heterocycles. The van der Waals surface area contributed by atoms with Gasteiger partial charge >= 0.3 is 0 Å². The highest BCUT2D eigenvalue weighted by atomic mass is 79.9. The summed E-state index contributed by atoms with van der Waals surface area (Å²) in [6.45, 7) is 3.14. The highest BCUT2D eigenvalue weighted by molar-refractivity contribution is 9.10. The van der Waals surface area contributed by atoms with Crippen LogP contribution in [0.4, 0.5) is 5.69 Å². The van der Waals surface area contributed by atoms with E-state index in [0.29, 0.717) is 6.04 Å². The normalized spacial score (nSPS) is 19.0. The Morgan fingerprint density at radius 3 is 2.95 bits per heavy atom. The maximum Gasteiger partial charge on any atom is 0.0794 e. The lowest BCUT2D eigenvalue weighted by molar-refractivity contribution is 0.554. The van der Waals surface area contributed by atoms with Gasteiger partial charge in [0.15, 0.2) is 0 Å². The summed E-state index contributed by atoms with van der Waals surface area (Å²) in [4.78, 5) is 7.85. The molecule has 0 saturated carbocycles. The Balaban J connectivity index is 1.53. The molecule has 1 fully saturated rings. The Morgan fingerprint density at radius 2 is 2.21 bits per heavy atom. The first-order valence-corrected chi connectivity index (χ1v) is 8.10. The van der Waals surface area contributed by atoms with Crippen LogP contribution >= 0.6 is 27.3 Å². The van der Waals surface area contributed by atoms with Crippen molar-refractivity contribution in [3.63, 3.8) is 0 Å². The van der Waals surface area contributed by atoms with Gasteiger partial charge in [-0.15, -0.1) is 11.3 Å². The van der Waals surface area contributed by atoms with Crippen LogP contribution in [0, 0.1) is 0 Å². The number of aromatic nitrogens is 1. The predicted molar refractivity (Wildman–Crippen MR) is 83.7 cm³/mol. The quantitative estimate of drug-likeness (QED) is 0.927. The smallest absolute Gasteiger partial charge is 0.0794 e. The van der Waals surface area contributed by atoms with Crippen molar-refractivity contribution < 1.29 is 0 Å². The van der Waals surface area contributed by atoms with Crippen LogP contribution in [-0.2, 0) is 6.54 Å². The number of rotatable bonds is 4. The van der Waals surface area contributed by atoms with Gasteiger partial charge in [0.1, 0.15) is 0 Å². The average Bonchev–Trinajstić information content (AvgIpc) is 3.09. The summed E-state index contributed by atoms with van der Waals surface area (Å²) < 4.78 is 1.13. The molecule has 2 aromatic rings. The minimum Gasteiger partial charge on any atom is -0.370 e.